The van der Waals surface area contributed by atoms with E-state index in [0.717, 1.165) is 29.7 Å². The van der Waals surface area contributed by atoms with Gasteiger partial charge in [0, 0.05) is 29.3 Å². The second-order valence-corrected chi connectivity index (χ2v) is 9.41. The van der Waals surface area contributed by atoms with E-state index in [1.54, 1.807) is 0 Å². The Morgan fingerprint density at radius 1 is 0.868 bits per heavy atom. The predicted octanol–water partition coefficient (Wildman–Crippen LogP) is 5.86. The molecule has 0 fully saturated rings. The minimum atomic E-state index is -0.526. The van der Waals surface area contributed by atoms with Gasteiger partial charge in [-0.05, 0) is 55.2 Å². The molecule has 0 spiro atoms. The number of rotatable bonds is 9. The van der Waals surface area contributed by atoms with E-state index in [1.165, 1.54) is 0 Å². The van der Waals surface area contributed by atoms with E-state index in [2.05, 4.69) is 5.32 Å². The topological polar surface area (TPSA) is 73.9 Å². The van der Waals surface area contributed by atoms with Crippen LogP contribution in [0.1, 0.15) is 43.2 Å². The highest BCUT2D eigenvalue weighted by molar-refractivity contribution is 6.03. The molecule has 1 unspecified atom stereocenters. The SMILES string of the molecule is CC1=C(C(=O)OCCOc2ccccc2)C(c2cccc(OCc3ccccc3)c2)C2=C(CCCC2=O)N1. The zero-order valence-electron chi connectivity index (χ0n) is 21.4. The molecule has 0 saturated heterocycles. The number of Topliss-reactive ketones (excluding diaryl/α,β-unsaturated/α-hetero) is 1. The van der Waals surface area contributed by atoms with Gasteiger partial charge in [-0.15, -0.1) is 0 Å². The number of hydrogen-bond donors (Lipinski definition) is 1. The van der Waals surface area contributed by atoms with Gasteiger partial charge in [0.1, 0.15) is 31.3 Å². The molecule has 1 heterocycles. The zero-order chi connectivity index (χ0) is 26.3. The largest absolute Gasteiger partial charge is 0.490 e. The fourth-order valence-electron chi connectivity index (χ4n) is 5.00. The average molecular weight is 510 g/mol. The van der Waals surface area contributed by atoms with Crippen molar-refractivity contribution in [1.82, 2.24) is 5.32 Å². The fraction of sp³-hybridized carbons (Fsp3) is 0.250. The van der Waals surface area contributed by atoms with E-state index >= 15 is 0 Å². The number of dihydropyridines is 1. The fourth-order valence-corrected chi connectivity index (χ4v) is 5.00. The number of allylic oxidation sites excluding steroid dienone is 3. The molecule has 0 radical (unpaired) electrons. The van der Waals surface area contributed by atoms with Crippen molar-refractivity contribution in [2.45, 2.75) is 38.7 Å². The Morgan fingerprint density at radius 2 is 1.61 bits per heavy atom. The summed E-state index contributed by atoms with van der Waals surface area (Å²) < 4.78 is 17.4. The van der Waals surface area contributed by atoms with Gasteiger partial charge >= 0.3 is 5.97 Å². The quantitative estimate of drug-likeness (QED) is 0.288. The van der Waals surface area contributed by atoms with E-state index in [0.29, 0.717) is 41.4 Å². The van der Waals surface area contributed by atoms with Gasteiger partial charge in [0.25, 0.3) is 0 Å². The lowest BCUT2D eigenvalue weighted by atomic mass is 9.75. The van der Waals surface area contributed by atoms with Crippen molar-refractivity contribution in [3.63, 3.8) is 0 Å². The maximum Gasteiger partial charge on any atom is 0.336 e. The van der Waals surface area contributed by atoms with Crippen LogP contribution in [0.5, 0.6) is 11.5 Å². The Bertz CT molecular complexity index is 1360. The second-order valence-electron chi connectivity index (χ2n) is 9.41. The van der Waals surface area contributed by atoms with Gasteiger partial charge in [0.15, 0.2) is 5.78 Å². The van der Waals surface area contributed by atoms with E-state index < -0.39 is 11.9 Å². The molecule has 0 saturated carbocycles. The lowest BCUT2D eigenvalue weighted by molar-refractivity contribution is -0.140. The summed E-state index contributed by atoms with van der Waals surface area (Å²) >= 11 is 0. The summed E-state index contributed by atoms with van der Waals surface area (Å²) in [6.07, 6.45) is 2.03. The summed E-state index contributed by atoms with van der Waals surface area (Å²) in [4.78, 5) is 26.6. The van der Waals surface area contributed by atoms with Gasteiger partial charge in [-0.1, -0.05) is 60.7 Å². The van der Waals surface area contributed by atoms with Gasteiger partial charge in [-0.25, -0.2) is 4.79 Å². The molecule has 3 aromatic carbocycles. The summed E-state index contributed by atoms with van der Waals surface area (Å²) in [6.45, 7) is 2.62. The van der Waals surface area contributed by atoms with Crippen LogP contribution in [-0.2, 0) is 20.9 Å². The summed E-state index contributed by atoms with van der Waals surface area (Å²) in [5, 5.41) is 3.33. The Morgan fingerprint density at radius 3 is 2.39 bits per heavy atom. The molecule has 1 aliphatic heterocycles. The van der Waals surface area contributed by atoms with Crippen LogP contribution in [0.3, 0.4) is 0 Å². The molecule has 1 atom stereocenters. The number of hydrogen-bond acceptors (Lipinski definition) is 6. The monoisotopic (exact) mass is 509 g/mol. The first-order valence-corrected chi connectivity index (χ1v) is 13.0. The highest BCUT2D eigenvalue weighted by Gasteiger charge is 2.39. The summed E-state index contributed by atoms with van der Waals surface area (Å²) in [5.74, 6) is 0.464. The molecular formula is C32H31NO5. The summed E-state index contributed by atoms with van der Waals surface area (Å²) in [7, 11) is 0. The number of benzene rings is 3. The third-order valence-corrected chi connectivity index (χ3v) is 6.76. The number of ketones is 1. The van der Waals surface area contributed by atoms with Crippen LogP contribution < -0.4 is 14.8 Å². The zero-order valence-corrected chi connectivity index (χ0v) is 21.4. The third-order valence-electron chi connectivity index (χ3n) is 6.76. The van der Waals surface area contributed by atoms with Crippen molar-refractivity contribution in [3.05, 3.63) is 119 Å². The summed E-state index contributed by atoms with van der Waals surface area (Å²) in [6, 6.07) is 27.0. The first-order valence-electron chi connectivity index (χ1n) is 13.0. The average Bonchev–Trinajstić information content (AvgIpc) is 2.95. The van der Waals surface area contributed by atoms with E-state index in [4.69, 9.17) is 14.2 Å². The Kier molecular flexibility index (Phi) is 7.88. The number of carbonyl (C=O) groups excluding carboxylic acids is 2. The van der Waals surface area contributed by atoms with Gasteiger partial charge in [-0.3, -0.25) is 4.79 Å². The number of nitrogens with one attached hydrogen (secondary N) is 1. The molecule has 38 heavy (non-hydrogen) atoms. The van der Waals surface area contributed by atoms with Crippen LogP contribution in [-0.4, -0.2) is 25.0 Å². The van der Waals surface area contributed by atoms with Crippen molar-refractivity contribution in [2.75, 3.05) is 13.2 Å². The second kappa shape index (κ2) is 11.8. The minimum Gasteiger partial charge on any atom is -0.490 e. The standard InChI is InChI=1S/C32H31NO5/c1-22-29(32(35)37-19-18-36-25-13-6-3-7-14-25)30(31-27(33-22)16-9-17-28(31)34)24-12-8-15-26(20-24)38-21-23-10-4-2-5-11-23/h2-8,10-15,20,30,33H,9,16-19,21H2,1H3. The van der Waals surface area contributed by atoms with Gasteiger partial charge < -0.3 is 19.5 Å². The lowest BCUT2D eigenvalue weighted by Gasteiger charge is -2.34. The van der Waals surface area contributed by atoms with Crippen molar-refractivity contribution in [1.29, 1.82) is 0 Å². The molecule has 1 aliphatic carbocycles. The van der Waals surface area contributed by atoms with Crippen LogP contribution in [0, 0.1) is 0 Å². The molecule has 0 aromatic heterocycles. The normalized spacial score (nSPS) is 17.0. The number of para-hydroxylation sites is 1. The predicted molar refractivity (Wildman–Crippen MR) is 145 cm³/mol. The number of ether oxygens (including phenoxy) is 3. The molecule has 6 heteroatoms. The Balaban J connectivity index is 1.37. The maximum absolute atomic E-state index is 13.4. The first kappa shape index (κ1) is 25.3. The third kappa shape index (κ3) is 5.80. The smallest absolute Gasteiger partial charge is 0.336 e. The van der Waals surface area contributed by atoms with E-state index in [9.17, 15) is 9.59 Å². The van der Waals surface area contributed by atoms with Crippen LogP contribution in [0.4, 0.5) is 0 Å². The van der Waals surface area contributed by atoms with Crippen molar-refractivity contribution in [2.24, 2.45) is 0 Å². The van der Waals surface area contributed by atoms with Crippen LogP contribution in [0.2, 0.25) is 0 Å². The van der Waals surface area contributed by atoms with Crippen LogP contribution >= 0.6 is 0 Å². The maximum atomic E-state index is 13.4. The molecule has 6 nitrogen and oxygen atoms in total. The van der Waals surface area contributed by atoms with Crippen molar-refractivity contribution < 1.29 is 23.8 Å². The Labute approximate surface area is 222 Å². The van der Waals surface area contributed by atoms with Gasteiger partial charge in [0.05, 0.1) is 5.57 Å². The minimum absolute atomic E-state index is 0.0598. The molecule has 194 valence electrons. The van der Waals surface area contributed by atoms with Crippen LogP contribution in [0.15, 0.2) is 107 Å². The molecule has 3 aromatic rings. The molecule has 1 N–H and O–H groups in total. The number of esters is 1. The molecular weight excluding hydrogens is 478 g/mol. The summed E-state index contributed by atoms with van der Waals surface area (Å²) in [5.41, 5.74) is 4.57. The molecule has 0 amide bonds. The van der Waals surface area contributed by atoms with Gasteiger partial charge in [-0.2, -0.15) is 0 Å². The van der Waals surface area contributed by atoms with E-state index in [1.807, 2.05) is 91.9 Å². The first-order chi connectivity index (χ1) is 18.6. The highest BCUT2D eigenvalue weighted by Crippen LogP contribution is 2.43. The highest BCUT2D eigenvalue weighted by atomic mass is 16.6. The van der Waals surface area contributed by atoms with Crippen molar-refractivity contribution >= 4 is 11.8 Å². The van der Waals surface area contributed by atoms with E-state index in [-0.39, 0.29) is 19.0 Å². The van der Waals surface area contributed by atoms with Crippen molar-refractivity contribution in [3.8, 4) is 11.5 Å². The lowest BCUT2D eigenvalue weighted by Crippen LogP contribution is -2.34. The Hall–Kier alpha value is -4.32. The van der Waals surface area contributed by atoms with Crippen LogP contribution in [0.25, 0.3) is 0 Å². The molecule has 2 aliphatic rings. The molecule has 5 rings (SSSR count). The van der Waals surface area contributed by atoms with Gasteiger partial charge in [0.2, 0.25) is 0 Å². The molecule has 0 bridgehead atoms. The number of carbonyl (C=O) groups is 2.